The van der Waals surface area contributed by atoms with E-state index in [9.17, 15) is 9.59 Å². The average molecular weight is 344 g/mol. The zero-order valence-electron chi connectivity index (χ0n) is 14.8. The lowest BCUT2D eigenvalue weighted by atomic mass is 9.94. The highest BCUT2D eigenvalue weighted by molar-refractivity contribution is 6.24. The molecule has 0 saturated carbocycles. The molecule has 1 N–H and O–H groups in total. The van der Waals surface area contributed by atoms with Gasteiger partial charge >= 0.3 is 0 Å². The Morgan fingerprint density at radius 3 is 2.58 bits per heavy atom. The van der Waals surface area contributed by atoms with Gasteiger partial charge in [0.05, 0.1) is 11.5 Å². The van der Waals surface area contributed by atoms with E-state index < -0.39 is 0 Å². The minimum atomic E-state index is -0.203. The van der Waals surface area contributed by atoms with Crippen LogP contribution in [0.2, 0.25) is 0 Å². The molecule has 3 aromatic carbocycles. The van der Waals surface area contributed by atoms with Gasteiger partial charge in [-0.1, -0.05) is 49.4 Å². The smallest absolute Gasteiger partial charge is 0.256 e. The fourth-order valence-corrected chi connectivity index (χ4v) is 3.68. The molecule has 1 aliphatic rings. The number of nitrogens with one attached hydrogen (secondary N) is 1. The summed E-state index contributed by atoms with van der Waals surface area (Å²) in [4.78, 5) is 27.1. The minimum Gasteiger partial charge on any atom is -0.321 e. The molecule has 130 valence electrons. The van der Waals surface area contributed by atoms with Crippen molar-refractivity contribution in [1.82, 2.24) is 0 Å². The highest BCUT2D eigenvalue weighted by Gasteiger charge is 2.26. The van der Waals surface area contributed by atoms with Crippen molar-refractivity contribution in [3.8, 4) is 0 Å². The van der Waals surface area contributed by atoms with Crippen LogP contribution in [0, 0.1) is 0 Å². The van der Waals surface area contributed by atoms with Crippen molar-refractivity contribution in [2.24, 2.45) is 0 Å². The number of anilines is 2. The van der Waals surface area contributed by atoms with Crippen molar-refractivity contribution in [1.29, 1.82) is 0 Å². The molecule has 4 rings (SSSR count). The standard InChI is InChI=1S/C22H20N2O2/c1-3-17(14-8-5-4-6-9-14)22(26)24(2)16-12-15-10-7-11-19-20(15)18(13-16)21(25)23-19/h4-13,17H,3H2,1-2H3,(H,23,25). The van der Waals surface area contributed by atoms with Crippen molar-refractivity contribution in [3.63, 3.8) is 0 Å². The summed E-state index contributed by atoms with van der Waals surface area (Å²) in [6.07, 6.45) is 0.720. The Labute approximate surface area is 152 Å². The summed E-state index contributed by atoms with van der Waals surface area (Å²) in [6, 6.07) is 19.4. The highest BCUT2D eigenvalue weighted by atomic mass is 16.2. The van der Waals surface area contributed by atoms with E-state index in [-0.39, 0.29) is 17.7 Å². The maximum Gasteiger partial charge on any atom is 0.256 e. The van der Waals surface area contributed by atoms with Crippen molar-refractivity contribution in [3.05, 3.63) is 71.8 Å². The van der Waals surface area contributed by atoms with E-state index in [1.807, 2.05) is 67.6 Å². The third kappa shape index (κ3) is 2.54. The fraction of sp³-hybridized carbons (Fsp3) is 0.182. The molecule has 0 aromatic heterocycles. The number of likely N-dealkylation sites (N-methyl/N-ethyl adjacent to an activating group) is 1. The molecule has 4 nitrogen and oxygen atoms in total. The molecule has 1 aliphatic heterocycles. The molecule has 1 unspecified atom stereocenters. The first kappa shape index (κ1) is 16.3. The van der Waals surface area contributed by atoms with Gasteiger partial charge in [-0.05, 0) is 35.6 Å². The van der Waals surface area contributed by atoms with Crippen LogP contribution in [0.4, 0.5) is 11.4 Å². The predicted octanol–water partition coefficient (Wildman–Crippen LogP) is 4.56. The van der Waals surface area contributed by atoms with Crippen molar-refractivity contribution in [2.75, 3.05) is 17.3 Å². The molecule has 1 atom stereocenters. The number of hydrogen-bond acceptors (Lipinski definition) is 2. The van der Waals surface area contributed by atoms with Crippen molar-refractivity contribution >= 4 is 34.0 Å². The van der Waals surface area contributed by atoms with Gasteiger partial charge in [-0.15, -0.1) is 0 Å². The molecule has 4 heteroatoms. The summed E-state index contributed by atoms with van der Waals surface area (Å²) in [6.45, 7) is 2.02. The summed E-state index contributed by atoms with van der Waals surface area (Å²) < 4.78 is 0. The summed E-state index contributed by atoms with van der Waals surface area (Å²) >= 11 is 0. The van der Waals surface area contributed by atoms with Crippen LogP contribution in [0.15, 0.2) is 60.7 Å². The first-order chi connectivity index (χ1) is 12.6. The number of benzene rings is 3. The lowest BCUT2D eigenvalue weighted by molar-refractivity contribution is -0.119. The molecule has 1 heterocycles. The Kier molecular flexibility index (Phi) is 3.96. The topological polar surface area (TPSA) is 49.4 Å². The number of rotatable bonds is 4. The Hall–Kier alpha value is -3.14. The third-order valence-corrected chi connectivity index (χ3v) is 5.08. The summed E-state index contributed by atoms with van der Waals surface area (Å²) in [5.74, 6) is -0.292. The molecule has 0 radical (unpaired) electrons. The Morgan fingerprint density at radius 1 is 1.08 bits per heavy atom. The summed E-state index contributed by atoms with van der Waals surface area (Å²) in [5, 5.41) is 4.77. The van der Waals surface area contributed by atoms with Crippen LogP contribution in [0.25, 0.3) is 10.8 Å². The molecule has 0 bridgehead atoms. The van der Waals surface area contributed by atoms with Gasteiger partial charge in [-0.2, -0.15) is 0 Å². The molecular formula is C22H20N2O2. The summed E-state index contributed by atoms with van der Waals surface area (Å²) in [5.41, 5.74) is 3.21. The van der Waals surface area contributed by atoms with Crippen molar-refractivity contribution < 1.29 is 9.59 Å². The van der Waals surface area contributed by atoms with E-state index in [1.54, 1.807) is 11.9 Å². The van der Waals surface area contributed by atoms with Gasteiger partial charge in [-0.3, -0.25) is 9.59 Å². The molecule has 0 spiro atoms. The molecule has 26 heavy (non-hydrogen) atoms. The number of hydrogen-bond donors (Lipinski definition) is 1. The van der Waals surface area contributed by atoms with E-state index in [0.717, 1.165) is 34.1 Å². The molecule has 2 amide bonds. The SMILES string of the molecule is CCC(C(=O)N(C)c1cc2c3c(cccc3c1)NC2=O)c1ccccc1. The van der Waals surface area contributed by atoms with E-state index in [2.05, 4.69) is 5.32 Å². The number of carbonyl (C=O) groups is 2. The highest BCUT2D eigenvalue weighted by Crippen LogP contribution is 2.36. The predicted molar refractivity (Wildman–Crippen MR) is 105 cm³/mol. The molecular weight excluding hydrogens is 324 g/mol. The van der Waals surface area contributed by atoms with Crippen LogP contribution in [-0.2, 0) is 4.79 Å². The largest absolute Gasteiger partial charge is 0.321 e. The Bertz CT molecular complexity index is 1010. The normalized spacial score (nSPS) is 13.5. The van der Waals surface area contributed by atoms with Gasteiger partial charge in [0.1, 0.15) is 0 Å². The lowest BCUT2D eigenvalue weighted by Gasteiger charge is -2.24. The molecule has 0 aliphatic carbocycles. The van der Waals surface area contributed by atoms with E-state index in [4.69, 9.17) is 0 Å². The second-order valence-corrected chi connectivity index (χ2v) is 6.62. The van der Waals surface area contributed by atoms with Crippen LogP contribution < -0.4 is 10.2 Å². The summed E-state index contributed by atoms with van der Waals surface area (Å²) in [7, 11) is 1.78. The van der Waals surface area contributed by atoms with Gasteiger partial charge in [-0.25, -0.2) is 0 Å². The Balaban J connectivity index is 1.74. The van der Waals surface area contributed by atoms with Gasteiger partial charge < -0.3 is 10.2 Å². The molecule has 0 saturated heterocycles. The molecule has 3 aromatic rings. The molecule has 0 fully saturated rings. The zero-order chi connectivity index (χ0) is 18.3. The zero-order valence-corrected chi connectivity index (χ0v) is 14.8. The van der Waals surface area contributed by atoms with Gasteiger partial charge in [0.15, 0.2) is 0 Å². The average Bonchev–Trinajstić information content (AvgIpc) is 2.99. The van der Waals surface area contributed by atoms with Crippen LogP contribution in [0.1, 0.15) is 35.2 Å². The number of amides is 2. The van der Waals surface area contributed by atoms with Crippen LogP contribution in [0.3, 0.4) is 0 Å². The van der Waals surface area contributed by atoms with E-state index in [0.29, 0.717) is 5.56 Å². The monoisotopic (exact) mass is 344 g/mol. The van der Waals surface area contributed by atoms with Crippen molar-refractivity contribution in [2.45, 2.75) is 19.3 Å². The second kappa shape index (κ2) is 6.30. The fourth-order valence-electron chi connectivity index (χ4n) is 3.68. The maximum atomic E-state index is 13.1. The van der Waals surface area contributed by atoms with Crippen LogP contribution >= 0.6 is 0 Å². The van der Waals surface area contributed by atoms with Gasteiger partial charge in [0.25, 0.3) is 5.91 Å². The second-order valence-electron chi connectivity index (χ2n) is 6.62. The van der Waals surface area contributed by atoms with Gasteiger partial charge in [0, 0.05) is 23.8 Å². The number of carbonyl (C=O) groups excluding carboxylic acids is 2. The lowest BCUT2D eigenvalue weighted by Crippen LogP contribution is -2.31. The van der Waals surface area contributed by atoms with Crippen LogP contribution in [-0.4, -0.2) is 18.9 Å². The van der Waals surface area contributed by atoms with Gasteiger partial charge in [0.2, 0.25) is 5.91 Å². The number of nitrogens with zero attached hydrogens (tertiary/aromatic N) is 1. The van der Waals surface area contributed by atoms with Crippen LogP contribution in [0.5, 0.6) is 0 Å². The third-order valence-electron chi connectivity index (χ3n) is 5.08. The van der Waals surface area contributed by atoms with E-state index >= 15 is 0 Å². The van der Waals surface area contributed by atoms with E-state index in [1.165, 1.54) is 0 Å². The Morgan fingerprint density at radius 2 is 1.85 bits per heavy atom. The quantitative estimate of drug-likeness (QED) is 0.754. The minimum absolute atomic E-state index is 0.0276. The first-order valence-electron chi connectivity index (χ1n) is 8.80. The first-order valence-corrected chi connectivity index (χ1v) is 8.80. The maximum absolute atomic E-state index is 13.1.